The van der Waals surface area contributed by atoms with E-state index >= 15 is 0 Å². The van der Waals surface area contributed by atoms with E-state index in [1.54, 1.807) is 5.57 Å². The van der Waals surface area contributed by atoms with Crippen molar-refractivity contribution in [2.24, 2.45) is 0 Å². The fourth-order valence-corrected chi connectivity index (χ4v) is 9.25. The molecule has 0 bridgehead atoms. The van der Waals surface area contributed by atoms with Crippen LogP contribution in [0.4, 0.5) is 0 Å². The van der Waals surface area contributed by atoms with Gasteiger partial charge in [0.2, 0.25) is 0 Å². The van der Waals surface area contributed by atoms with Gasteiger partial charge in [-0.3, -0.25) is 0 Å². The van der Waals surface area contributed by atoms with Crippen molar-refractivity contribution in [1.82, 2.24) is 9.13 Å². The zero-order chi connectivity index (χ0) is 34.3. The smallest absolute Gasteiger partial charge is 0.0583 e. The molecule has 0 N–H and O–H groups in total. The largest absolute Gasteiger partial charge is 0.309 e. The second-order valence-electron chi connectivity index (χ2n) is 14.6. The lowest BCUT2D eigenvalue weighted by atomic mass is 9.88. The van der Waals surface area contributed by atoms with Crippen LogP contribution >= 0.6 is 0 Å². The van der Waals surface area contributed by atoms with Crippen LogP contribution in [0.2, 0.25) is 0 Å². The van der Waals surface area contributed by atoms with Crippen LogP contribution < -0.4 is 0 Å². The molecule has 0 fully saturated rings. The maximum atomic E-state index is 3.48. The summed E-state index contributed by atoms with van der Waals surface area (Å²) in [7, 11) is 0. The Morgan fingerprint density at radius 3 is 1.98 bits per heavy atom. The number of aromatic nitrogens is 2. The van der Waals surface area contributed by atoms with E-state index < -0.39 is 0 Å². The van der Waals surface area contributed by atoms with Crippen LogP contribution in [0.1, 0.15) is 53.6 Å². The molecule has 52 heavy (non-hydrogen) atoms. The normalized spacial score (nSPS) is 16.1. The summed E-state index contributed by atoms with van der Waals surface area (Å²) in [6, 6.07) is 51.8. The SMILES string of the molecule is CC1C=C=Cc2c1c1ccccc1n2-c1cc(-c2ccc3c(c2)C2=C(CCC(c4ccccc4)=C2)C3)cc(-n2c3ccccc3c3ccccc32)c1. The Morgan fingerprint density at radius 1 is 0.577 bits per heavy atom. The third-order valence-corrected chi connectivity index (χ3v) is 11.6. The highest BCUT2D eigenvalue weighted by molar-refractivity contribution is 6.09. The van der Waals surface area contributed by atoms with E-state index in [9.17, 15) is 0 Å². The van der Waals surface area contributed by atoms with Crippen molar-refractivity contribution in [1.29, 1.82) is 0 Å². The van der Waals surface area contributed by atoms with Gasteiger partial charge >= 0.3 is 0 Å². The highest BCUT2D eigenvalue weighted by Crippen LogP contribution is 2.45. The van der Waals surface area contributed by atoms with Crippen LogP contribution in [0.25, 0.3) is 72.4 Å². The minimum Gasteiger partial charge on any atom is -0.309 e. The maximum absolute atomic E-state index is 3.48. The van der Waals surface area contributed by atoms with Crippen molar-refractivity contribution in [3.05, 3.63) is 191 Å². The Morgan fingerprint density at radius 2 is 1.23 bits per heavy atom. The summed E-state index contributed by atoms with van der Waals surface area (Å²) in [5, 5.41) is 3.84. The number of nitrogens with zero attached hydrogens (tertiary/aromatic N) is 2. The van der Waals surface area contributed by atoms with Gasteiger partial charge in [0.1, 0.15) is 0 Å². The molecule has 2 heteroatoms. The summed E-state index contributed by atoms with van der Waals surface area (Å²) in [6.45, 7) is 2.28. The molecule has 3 aliphatic carbocycles. The molecule has 8 aromatic rings. The molecular formula is C50H36N2. The number of para-hydroxylation sites is 3. The molecule has 246 valence electrons. The number of hydrogen-bond acceptors (Lipinski definition) is 0. The van der Waals surface area contributed by atoms with Gasteiger partial charge in [0.25, 0.3) is 0 Å². The van der Waals surface area contributed by atoms with Gasteiger partial charge in [-0.1, -0.05) is 116 Å². The van der Waals surface area contributed by atoms with Crippen LogP contribution in [-0.4, -0.2) is 9.13 Å². The predicted octanol–water partition coefficient (Wildman–Crippen LogP) is 12.9. The molecule has 1 unspecified atom stereocenters. The topological polar surface area (TPSA) is 9.86 Å². The van der Waals surface area contributed by atoms with E-state index in [-0.39, 0.29) is 5.92 Å². The predicted molar refractivity (Wildman–Crippen MR) is 218 cm³/mol. The van der Waals surface area contributed by atoms with Crippen LogP contribution in [-0.2, 0) is 6.42 Å². The van der Waals surface area contributed by atoms with E-state index in [0.29, 0.717) is 0 Å². The van der Waals surface area contributed by atoms with Gasteiger partial charge < -0.3 is 9.13 Å². The second kappa shape index (κ2) is 11.3. The molecule has 0 radical (unpaired) electrons. The number of benzene rings is 6. The Hall–Kier alpha value is -6.34. The quantitative estimate of drug-likeness (QED) is 0.166. The molecule has 3 aliphatic rings. The lowest BCUT2D eigenvalue weighted by Gasteiger charge is -2.18. The molecule has 1 atom stereocenters. The molecular weight excluding hydrogens is 629 g/mol. The highest BCUT2D eigenvalue weighted by atomic mass is 15.0. The summed E-state index contributed by atoms with van der Waals surface area (Å²) < 4.78 is 4.92. The Balaban J connectivity index is 1.16. The molecule has 11 rings (SSSR count). The average molecular weight is 665 g/mol. The summed E-state index contributed by atoms with van der Waals surface area (Å²) in [5.74, 6) is 0.287. The van der Waals surface area contributed by atoms with Crippen LogP contribution in [0, 0.1) is 0 Å². The van der Waals surface area contributed by atoms with Gasteiger partial charge in [0.05, 0.1) is 22.2 Å². The van der Waals surface area contributed by atoms with Crippen molar-refractivity contribution in [3.63, 3.8) is 0 Å². The first kappa shape index (κ1) is 29.4. The van der Waals surface area contributed by atoms with Gasteiger partial charge in [-0.05, 0) is 112 Å². The van der Waals surface area contributed by atoms with Gasteiger partial charge in [-0.25, -0.2) is 0 Å². The highest BCUT2D eigenvalue weighted by Gasteiger charge is 2.26. The number of rotatable bonds is 4. The maximum Gasteiger partial charge on any atom is 0.0583 e. The lowest BCUT2D eigenvalue weighted by Crippen LogP contribution is -2.03. The molecule has 2 aromatic heterocycles. The molecule has 6 aromatic carbocycles. The zero-order valence-corrected chi connectivity index (χ0v) is 29.1. The monoisotopic (exact) mass is 664 g/mol. The first-order valence-electron chi connectivity index (χ1n) is 18.5. The van der Waals surface area contributed by atoms with Crippen LogP contribution in [0.3, 0.4) is 0 Å². The lowest BCUT2D eigenvalue weighted by molar-refractivity contribution is 0.948. The molecule has 0 saturated heterocycles. The van der Waals surface area contributed by atoms with Crippen LogP contribution in [0.5, 0.6) is 0 Å². The Kier molecular flexibility index (Phi) is 6.41. The summed E-state index contributed by atoms with van der Waals surface area (Å²) in [4.78, 5) is 0. The Bertz CT molecular complexity index is 2860. The first-order chi connectivity index (χ1) is 25.7. The summed E-state index contributed by atoms with van der Waals surface area (Å²) in [5.41, 5.74) is 23.1. The van der Waals surface area contributed by atoms with E-state index in [1.807, 2.05) is 0 Å². The minimum absolute atomic E-state index is 0.287. The molecule has 2 heterocycles. The van der Waals surface area contributed by atoms with E-state index in [1.165, 1.54) is 82.9 Å². The molecule has 0 spiro atoms. The van der Waals surface area contributed by atoms with E-state index in [4.69, 9.17) is 0 Å². The third-order valence-electron chi connectivity index (χ3n) is 11.6. The zero-order valence-electron chi connectivity index (χ0n) is 29.1. The van der Waals surface area contributed by atoms with Gasteiger partial charge in [-0.2, -0.15) is 0 Å². The summed E-state index contributed by atoms with van der Waals surface area (Å²) >= 11 is 0. The number of fused-ring (bicyclic) bond motifs is 8. The van der Waals surface area contributed by atoms with Crippen molar-refractivity contribution in [3.8, 4) is 22.5 Å². The molecule has 0 amide bonds. The third kappa shape index (κ3) is 4.38. The number of allylic oxidation sites excluding steroid dienone is 5. The number of hydrogen-bond donors (Lipinski definition) is 0. The first-order valence-corrected chi connectivity index (χ1v) is 18.5. The van der Waals surface area contributed by atoms with Crippen molar-refractivity contribution >= 4 is 49.9 Å². The van der Waals surface area contributed by atoms with E-state index in [0.717, 1.165) is 30.6 Å². The van der Waals surface area contributed by atoms with Gasteiger partial charge in [0.15, 0.2) is 0 Å². The molecule has 2 nitrogen and oxygen atoms in total. The fourth-order valence-electron chi connectivity index (χ4n) is 9.25. The van der Waals surface area contributed by atoms with Gasteiger partial charge in [-0.15, -0.1) is 5.73 Å². The van der Waals surface area contributed by atoms with Gasteiger partial charge in [0, 0.05) is 39.5 Å². The van der Waals surface area contributed by atoms with E-state index in [2.05, 4.69) is 180 Å². The minimum atomic E-state index is 0.287. The second-order valence-corrected chi connectivity index (χ2v) is 14.6. The standard InChI is InChI=1S/C50H36N2/c1-32-12-11-21-49-50(32)43-17-7-10-20-48(43)52(49)40-28-38(27-39(31-40)51-46-18-8-5-15-41(46)42-16-6-9-19-47(42)51)35-23-25-37-26-36-24-22-34(29-44(36)45(37)30-35)33-13-3-2-4-14-33/h2-10,12-21,23,25,27-32H,22,24,26H2,1H3. The van der Waals surface area contributed by atoms with Crippen molar-refractivity contribution < 1.29 is 0 Å². The van der Waals surface area contributed by atoms with Crippen molar-refractivity contribution in [2.45, 2.75) is 32.1 Å². The fraction of sp³-hybridized carbons (Fsp3) is 0.100. The molecule has 0 saturated carbocycles. The summed E-state index contributed by atoms with van der Waals surface area (Å²) in [6.07, 6.45) is 10.1. The Labute approximate surface area is 303 Å². The van der Waals surface area contributed by atoms with Crippen LogP contribution in [0.15, 0.2) is 163 Å². The average Bonchev–Trinajstić information content (AvgIpc) is 3.86. The molecule has 0 aliphatic heterocycles. The van der Waals surface area contributed by atoms with Crippen molar-refractivity contribution in [2.75, 3.05) is 0 Å².